The fourth-order valence-electron chi connectivity index (χ4n) is 2.64. The van der Waals surface area contributed by atoms with Crippen molar-refractivity contribution in [2.45, 2.75) is 13.1 Å². The van der Waals surface area contributed by atoms with Crippen molar-refractivity contribution in [3.05, 3.63) is 65.6 Å². The van der Waals surface area contributed by atoms with Gasteiger partial charge in [0.05, 0.1) is 26.1 Å². The van der Waals surface area contributed by atoms with E-state index in [4.69, 9.17) is 9.47 Å². The highest BCUT2D eigenvalue weighted by atomic mass is 19.1. The molecule has 0 atom stereocenters. The van der Waals surface area contributed by atoms with Crippen LogP contribution in [0.25, 0.3) is 11.3 Å². The highest BCUT2D eigenvalue weighted by Crippen LogP contribution is 2.25. The van der Waals surface area contributed by atoms with Gasteiger partial charge in [-0.1, -0.05) is 6.07 Å². The van der Waals surface area contributed by atoms with E-state index in [9.17, 15) is 4.39 Å². The minimum Gasteiger partial charge on any atom is -0.497 e. The molecule has 0 saturated heterocycles. The molecule has 3 rings (SSSR count). The number of aromatic nitrogens is 2. The van der Waals surface area contributed by atoms with Gasteiger partial charge in [-0.05, 0) is 30.3 Å². The van der Waals surface area contributed by atoms with E-state index in [1.54, 1.807) is 32.5 Å². The number of nitrogens with zero attached hydrogens (tertiary/aromatic N) is 1. The first-order chi connectivity index (χ1) is 12.2. The molecule has 6 heteroatoms. The molecule has 2 N–H and O–H groups in total. The third-order valence-corrected chi connectivity index (χ3v) is 3.98. The Bertz CT molecular complexity index is 831. The molecule has 0 amide bonds. The molecule has 0 saturated carbocycles. The Labute approximate surface area is 145 Å². The Morgan fingerprint density at radius 1 is 1.00 bits per heavy atom. The fourth-order valence-corrected chi connectivity index (χ4v) is 2.64. The highest BCUT2D eigenvalue weighted by Gasteiger charge is 2.09. The molecule has 0 spiro atoms. The van der Waals surface area contributed by atoms with Crippen LogP contribution in [0.15, 0.2) is 48.7 Å². The van der Waals surface area contributed by atoms with E-state index in [1.807, 2.05) is 18.2 Å². The zero-order chi connectivity index (χ0) is 17.6. The molecule has 0 unspecified atom stereocenters. The third-order valence-electron chi connectivity index (χ3n) is 3.98. The van der Waals surface area contributed by atoms with Crippen LogP contribution in [0.2, 0.25) is 0 Å². The van der Waals surface area contributed by atoms with Gasteiger partial charge in [0.15, 0.2) is 0 Å². The maximum atomic E-state index is 13.1. The van der Waals surface area contributed by atoms with Crippen molar-refractivity contribution >= 4 is 0 Å². The Kier molecular flexibility index (Phi) is 5.30. The van der Waals surface area contributed by atoms with Crippen molar-refractivity contribution < 1.29 is 13.9 Å². The molecule has 130 valence electrons. The van der Waals surface area contributed by atoms with E-state index in [1.165, 1.54) is 12.1 Å². The minimum absolute atomic E-state index is 0.255. The van der Waals surface area contributed by atoms with Crippen LogP contribution in [0.1, 0.15) is 11.1 Å². The van der Waals surface area contributed by atoms with Crippen molar-refractivity contribution in [2.24, 2.45) is 0 Å². The van der Waals surface area contributed by atoms with Crippen LogP contribution in [0.3, 0.4) is 0 Å². The van der Waals surface area contributed by atoms with Gasteiger partial charge in [-0.2, -0.15) is 5.10 Å². The Morgan fingerprint density at radius 2 is 1.76 bits per heavy atom. The van der Waals surface area contributed by atoms with Crippen LogP contribution in [0.5, 0.6) is 11.5 Å². The van der Waals surface area contributed by atoms with Gasteiger partial charge in [-0.25, -0.2) is 4.39 Å². The summed E-state index contributed by atoms with van der Waals surface area (Å²) >= 11 is 0. The molecule has 0 aliphatic heterocycles. The smallest absolute Gasteiger partial charge is 0.127 e. The van der Waals surface area contributed by atoms with Gasteiger partial charge in [0.25, 0.3) is 0 Å². The van der Waals surface area contributed by atoms with E-state index in [0.29, 0.717) is 13.1 Å². The summed E-state index contributed by atoms with van der Waals surface area (Å²) in [5, 5.41) is 10.5. The van der Waals surface area contributed by atoms with Crippen LogP contribution in [0, 0.1) is 5.82 Å². The average molecular weight is 341 g/mol. The number of nitrogens with one attached hydrogen (secondary N) is 2. The summed E-state index contributed by atoms with van der Waals surface area (Å²) < 4.78 is 23.7. The standard InChI is InChI=1S/C19H20FN3O2/c1-24-17-8-5-14(18(9-17)25-2)10-21-11-15-12-22-23-19(15)13-3-6-16(20)7-4-13/h3-9,12,21H,10-11H2,1-2H3,(H,22,23). The lowest BCUT2D eigenvalue weighted by atomic mass is 10.1. The van der Waals surface area contributed by atoms with Gasteiger partial charge in [0.1, 0.15) is 17.3 Å². The normalized spacial score (nSPS) is 10.7. The van der Waals surface area contributed by atoms with Crippen molar-refractivity contribution in [3.63, 3.8) is 0 Å². The molecular weight excluding hydrogens is 321 g/mol. The van der Waals surface area contributed by atoms with E-state index in [2.05, 4.69) is 15.5 Å². The monoisotopic (exact) mass is 341 g/mol. The molecule has 0 aliphatic rings. The number of ether oxygens (including phenoxy) is 2. The van der Waals surface area contributed by atoms with Crippen molar-refractivity contribution in [3.8, 4) is 22.8 Å². The zero-order valence-electron chi connectivity index (χ0n) is 14.2. The van der Waals surface area contributed by atoms with Crippen LogP contribution in [-0.2, 0) is 13.1 Å². The van der Waals surface area contributed by atoms with E-state index in [-0.39, 0.29) is 5.82 Å². The Balaban J connectivity index is 1.67. The fraction of sp³-hybridized carbons (Fsp3) is 0.211. The predicted molar refractivity (Wildman–Crippen MR) is 94.1 cm³/mol. The summed E-state index contributed by atoms with van der Waals surface area (Å²) in [6, 6.07) is 12.1. The van der Waals surface area contributed by atoms with Gasteiger partial charge in [0.2, 0.25) is 0 Å². The molecule has 0 radical (unpaired) electrons. The lowest BCUT2D eigenvalue weighted by molar-refractivity contribution is 0.390. The second kappa shape index (κ2) is 7.81. The SMILES string of the molecule is COc1ccc(CNCc2cn[nH]c2-c2ccc(F)cc2)c(OC)c1. The summed E-state index contributed by atoms with van der Waals surface area (Å²) in [5.74, 6) is 1.28. The summed E-state index contributed by atoms with van der Waals surface area (Å²) in [4.78, 5) is 0. The summed E-state index contributed by atoms with van der Waals surface area (Å²) in [7, 11) is 3.27. The van der Waals surface area contributed by atoms with Crippen LogP contribution < -0.4 is 14.8 Å². The van der Waals surface area contributed by atoms with Crippen molar-refractivity contribution in [2.75, 3.05) is 14.2 Å². The van der Waals surface area contributed by atoms with Gasteiger partial charge in [0, 0.05) is 35.8 Å². The Hall–Kier alpha value is -2.86. The number of methoxy groups -OCH3 is 2. The summed E-state index contributed by atoms with van der Waals surface area (Å²) in [6.07, 6.45) is 1.77. The first kappa shape index (κ1) is 17.0. The number of H-pyrrole nitrogens is 1. The number of rotatable bonds is 7. The molecule has 5 nitrogen and oxygen atoms in total. The maximum absolute atomic E-state index is 13.1. The molecular formula is C19H20FN3O2. The first-order valence-corrected chi connectivity index (χ1v) is 7.91. The van der Waals surface area contributed by atoms with E-state index >= 15 is 0 Å². The van der Waals surface area contributed by atoms with Crippen molar-refractivity contribution in [1.82, 2.24) is 15.5 Å². The second-order valence-corrected chi connectivity index (χ2v) is 5.56. The maximum Gasteiger partial charge on any atom is 0.127 e. The topological polar surface area (TPSA) is 59.2 Å². The number of benzene rings is 2. The number of hydrogen-bond acceptors (Lipinski definition) is 4. The molecule has 25 heavy (non-hydrogen) atoms. The summed E-state index contributed by atoms with van der Waals surface area (Å²) in [5.41, 5.74) is 3.83. The van der Waals surface area contributed by atoms with Crippen molar-refractivity contribution in [1.29, 1.82) is 0 Å². The predicted octanol–water partition coefficient (Wildman–Crippen LogP) is 3.52. The summed E-state index contributed by atoms with van der Waals surface area (Å²) in [6.45, 7) is 1.26. The number of halogens is 1. The van der Waals surface area contributed by atoms with Crippen LogP contribution in [-0.4, -0.2) is 24.4 Å². The third kappa shape index (κ3) is 3.97. The lowest BCUT2D eigenvalue weighted by Gasteiger charge is -2.11. The highest BCUT2D eigenvalue weighted by molar-refractivity contribution is 5.62. The zero-order valence-corrected chi connectivity index (χ0v) is 14.2. The molecule has 0 bridgehead atoms. The van der Waals surface area contributed by atoms with Gasteiger partial charge < -0.3 is 14.8 Å². The lowest BCUT2D eigenvalue weighted by Crippen LogP contribution is -2.13. The van der Waals surface area contributed by atoms with Gasteiger partial charge in [-0.15, -0.1) is 0 Å². The van der Waals surface area contributed by atoms with E-state index in [0.717, 1.165) is 33.9 Å². The first-order valence-electron chi connectivity index (χ1n) is 7.91. The molecule has 1 aromatic heterocycles. The quantitative estimate of drug-likeness (QED) is 0.690. The average Bonchev–Trinajstić information content (AvgIpc) is 3.11. The second-order valence-electron chi connectivity index (χ2n) is 5.56. The minimum atomic E-state index is -0.255. The molecule has 3 aromatic rings. The van der Waals surface area contributed by atoms with E-state index < -0.39 is 0 Å². The Morgan fingerprint density at radius 3 is 2.48 bits per heavy atom. The van der Waals surface area contributed by atoms with Gasteiger partial charge in [-0.3, -0.25) is 5.10 Å². The van der Waals surface area contributed by atoms with Crippen LogP contribution in [0.4, 0.5) is 4.39 Å². The number of hydrogen-bond donors (Lipinski definition) is 2. The molecule has 1 heterocycles. The molecule has 0 aliphatic carbocycles. The largest absolute Gasteiger partial charge is 0.497 e. The van der Waals surface area contributed by atoms with Crippen LogP contribution >= 0.6 is 0 Å². The van der Waals surface area contributed by atoms with Gasteiger partial charge >= 0.3 is 0 Å². The number of aromatic amines is 1. The molecule has 0 fully saturated rings. The molecule has 2 aromatic carbocycles.